The highest BCUT2D eigenvalue weighted by atomic mass is 16.3. The van der Waals surface area contributed by atoms with Crippen molar-refractivity contribution in [1.82, 2.24) is 0 Å². The number of nitroso groups, excluding NO2 is 1. The number of hydrogen-bond donors (Lipinski definition) is 0. The zero-order valence-electron chi connectivity index (χ0n) is 5.78. The Kier molecular flexibility index (Phi) is 1.12. The highest BCUT2D eigenvalue weighted by Crippen LogP contribution is 2.24. The molecule has 1 aliphatic heterocycles. The van der Waals surface area contributed by atoms with E-state index in [1.807, 2.05) is 0 Å². The number of Topliss-reactive ketones (excluding diaryl/α,β-unsaturated/α-hetero) is 1. The van der Waals surface area contributed by atoms with Gasteiger partial charge >= 0.3 is 0 Å². The van der Waals surface area contributed by atoms with E-state index < -0.39 is 0 Å². The molecule has 0 N–H and O–H groups in total. The summed E-state index contributed by atoms with van der Waals surface area (Å²) in [4.78, 5) is 21.8. The van der Waals surface area contributed by atoms with Gasteiger partial charge in [-0.25, -0.2) is 0 Å². The van der Waals surface area contributed by atoms with Gasteiger partial charge < -0.3 is 0 Å². The van der Waals surface area contributed by atoms with Crippen LogP contribution in [-0.4, -0.2) is 10.5 Å². The number of fused-ring (bicyclic) bond motifs is 1. The Morgan fingerprint density at radius 3 is 2.91 bits per heavy atom. The second kappa shape index (κ2) is 1.99. The molecule has 3 nitrogen and oxygen atoms in total. The standard InChI is InChI=1S/C8H6NO2/c10-8-3-1-2-6-4-9(11)5-7(6)8/h1-2,4-5H,3H2/q+1. The molecule has 1 heterocycles. The summed E-state index contributed by atoms with van der Waals surface area (Å²) in [7, 11) is 0. The van der Waals surface area contributed by atoms with Gasteiger partial charge in [0, 0.05) is 11.3 Å². The van der Waals surface area contributed by atoms with Crippen molar-refractivity contribution in [2.75, 3.05) is 0 Å². The van der Waals surface area contributed by atoms with E-state index in [-0.39, 0.29) is 5.78 Å². The Labute approximate surface area is 63.3 Å². The molecule has 0 fully saturated rings. The third-order valence-corrected chi connectivity index (χ3v) is 1.73. The predicted octanol–water partition coefficient (Wildman–Crippen LogP) is 1.08. The van der Waals surface area contributed by atoms with E-state index in [0.717, 1.165) is 5.57 Å². The molecule has 0 bridgehead atoms. The molecular formula is C8H6NO2+. The molecule has 54 valence electrons. The molecule has 11 heavy (non-hydrogen) atoms. The lowest BCUT2D eigenvalue weighted by Crippen LogP contribution is -2.04. The Morgan fingerprint density at radius 2 is 2.18 bits per heavy atom. The van der Waals surface area contributed by atoms with E-state index in [4.69, 9.17) is 0 Å². The van der Waals surface area contributed by atoms with E-state index in [1.165, 1.54) is 12.4 Å². The molecule has 0 radical (unpaired) electrons. The van der Waals surface area contributed by atoms with Crippen LogP contribution in [0.5, 0.6) is 0 Å². The maximum absolute atomic E-state index is 11.1. The fourth-order valence-corrected chi connectivity index (χ4v) is 1.21. The molecule has 2 rings (SSSR count). The maximum Gasteiger partial charge on any atom is 0.239 e. The minimum Gasteiger partial charge on any atom is -0.294 e. The van der Waals surface area contributed by atoms with Crippen LogP contribution in [0, 0.1) is 4.91 Å². The van der Waals surface area contributed by atoms with Gasteiger partial charge in [0.2, 0.25) is 12.4 Å². The highest BCUT2D eigenvalue weighted by molar-refractivity contribution is 6.02. The fraction of sp³-hybridized carbons (Fsp3) is 0.125. The third-order valence-electron chi connectivity index (χ3n) is 1.73. The van der Waals surface area contributed by atoms with Gasteiger partial charge in [-0.1, -0.05) is 12.2 Å². The van der Waals surface area contributed by atoms with Gasteiger partial charge in [0.1, 0.15) is 5.57 Å². The number of rotatable bonds is 0. The summed E-state index contributed by atoms with van der Waals surface area (Å²) in [5.74, 6) is 0.0251. The number of nitrogens with zero attached hydrogens (tertiary/aromatic N) is 1. The van der Waals surface area contributed by atoms with Crippen molar-refractivity contribution in [3.63, 3.8) is 0 Å². The predicted molar refractivity (Wildman–Crippen MR) is 38.6 cm³/mol. The number of ketones is 1. The second-order valence-electron chi connectivity index (χ2n) is 2.52. The topological polar surface area (TPSA) is 37.1 Å². The van der Waals surface area contributed by atoms with Gasteiger partial charge in [-0.05, 0) is 0 Å². The molecule has 0 amide bonds. The Hall–Kier alpha value is -1.51. The van der Waals surface area contributed by atoms with Crippen LogP contribution >= 0.6 is 0 Å². The Morgan fingerprint density at radius 1 is 1.36 bits per heavy atom. The lowest BCUT2D eigenvalue weighted by Gasteiger charge is -2.01. The van der Waals surface area contributed by atoms with E-state index in [0.29, 0.717) is 16.8 Å². The van der Waals surface area contributed by atoms with Crippen LogP contribution in [-0.2, 0) is 4.79 Å². The average Bonchev–Trinajstić information content (AvgIpc) is 2.31. The second-order valence-corrected chi connectivity index (χ2v) is 2.52. The molecule has 0 saturated carbocycles. The van der Waals surface area contributed by atoms with Crippen LogP contribution in [0.4, 0.5) is 0 Å². The van der Waals surface area contributed by atoms with Crippen LogP contribution in [0.3, 0.4) is 0 Å². The largest absolute Gasteiger partial charge is 0.294 e. The van der Waals surface area contributed by atoms with E-state index in [9.17, 15) is 9.70 Å². The molecule has 0 aromatic heterocycles. The van der Waals surface area contributed by atoms with Gasteiger partial charge in [0.25, 0.3) is 0 Å². The third kappa shape index (κ3) is 0.852. The average molecular weight is 148 g/mol. The first kappa shape index (κ1) is 6.22. The first-order valence-corrected chi connectivity index (χ1v) is 3.36. The number of carbonyl (C=O) groups excluding carboxylic acids is 1. The number of allylic oxidation sites excluding steroid dienone is 4. The lowest BCUT2D eigenvalue weighted by molar-refractivity contribution is -0.398. The molecule has 0 aromatic carbocycles. The van der Waals surface area contributed by atoms with Gasteiger partial charge in [0.05, 0.1) is 10.3 Å². The van der Waals surface area contributed by atoms with Crippen molar-refractivity contribution in [1.29, 1.82) is 0 Å². The molecule has 0 saturated heterocycles. The highest BCUT2D eigenvalue weighted by Gasteiger charge is 2.27. The van der Waals surface area contributed by atoms with E-state index in [1.54, 1.807) is 12.2 Å². The quantitative estimate of drug-likeness (QED) is 0.482. The molecule has 0 spiro atoms. The van der Waals surface area contributed by atoms with Crippen molar-refractivity contribution in [2.24, 2.45) is 0 Å². The van der Waals surface area contributed by atoms with Crippen molar-refractivity contribution in [2.45, 2.75) is 6.42 Å². The molecule has 0 aromatic rings. The summed E-state index contributed by atoms with van der Waals surface area (Å²) in [6.45, 7) is 0. The summed E-state index contributed by atoms with van der Waals surface area (Å²) in [5.41, 5.74) is 1.28. The van der Waals surface area contributed by atoms with Crippen molar-refractivity contribution >= 4 is 5.78 Å². The summed E-state index contributed by atoms with van der Waals surface area (Å²) >= 11 is 0. The van der Waals surface area contributed by atoms with Crippen molar-refractivity contribution in [3.8, 4) is 0 Å². The number of carbonyl (C=O) groups is 1. The number of hydrogen-bond acceptors (Lipinski definition) is 2. The SMILES string of the molecule is O=C1CC=CC2=C[N+](=O)C=C12. The van der Waals surface area contributed by atoms with Crippen molar-refractivity contribution < 1.29 is 9.55 Å². The molecular weight excluding hydrogens is 142 g/mol. The minimum atomic E-state index is 0.0251. The molecule has 0 atom stereocenters. The summed E-state index contributed by atoms with van der Waals surface area (Å²) in [6.07, 6.45) is 6.71. The molecule has 1 aliphatic carbocycles. The van der Waals surface area contributed by atoms with Crippen molar-refractivity contribution in [3.05, 3.63) is 40.6 Å². The van der Waals surface area contributed by atoms with Crippen LogP contribution in [0.2, 0.25) is 0 Å². The molecule has 3 heteroatoms. The smallest absolute Gasteiger partial charge is 0.239 e. The lowest BCUT2D eigenvalue weighted by atomic mass is 9.97. The summed E-state index contributed by atoms with van der Waals surface area (Å²) in [5, 5.41) is 0. The monoisotopic (exact) mass is 148 g/mol. The Bertz CT molecular complexity index is 334. The summed E-state index contributed by atoms with van der Waals surface area (Å²) in [6, 6.07) is 0. The first-order chi connectivity index (χ1) is 5.27. The van der Waals surface area contributed by atoms with E-state index in [2.05, 4.69) is 0 Å². The normalized spacial score (nSPS) is 21.5. The Balaban J connectivity index is 2.55. The fourth-order valence-electron chi connectivity index (χ4n) is 1.21. The maximum atomic E-state index is 11.1. The van der Waals surface area contributed by atoms with Gasteiger partial charge in [-0.3, -0.25) is 4.79 Å². The first-order valence-electron chi connectivity index (χ1n) is 3.36. The van der Waals surface area contributed by atoms with Gasteiger partial charge in [0.15, 0.2) is 5.78 Å². The van der Waals surface area contributed by atoms with Crippen LogP contribution in [0.25, 0.3) is 0 Å². The van der Waals surface area contributed by atoms with Gasteiger partial charge in [-0.15, -0.1) is 0 Å². The zero-order valence-corrected chi connectivity index (χ0v) is 5.78. The van der Waals surface area contributed by atoms with Crippen LogP contribution in [0.15, 0.2) is 35.7 Å². The molecule has 2 aliphatic rings. The minimum absolute atomic E-state index is 0.0251. The molecule has 0 unspecified atom stereocenters. The van der Waals surface area contributed by atoms with Crippen LogP contribution in [0.1, 0.15) is 6.42 Å². The van der Waals surface area contributed by atoms with E-state index >= 15 is 0 Å². The van der Waals surface area contributed by atoms with Gasteiger partial charge in [-0.2, -0.15) is 0 Å². The zero-order chi connectivity index (χ0) is 7.84. The van der Waals surface area contributed by atoms with Crippen LogP contribution < -0.4 is 0 Å². The summed E-state index contributed by atoms with van der Waals surface area (Å²) < 4.78 is 0.665.